The molecule has 1 aromatic carbocycles. The van der Waals surface area contributed by atoms with Gasteiger partial charge in [-0.3, -0.25) is 33.7 Å². The number of thiocarbonyl (C=S) groups is 1. The van der Waals surface area contributed by atoms with E-state index in [0.29, 0.717) is 86.6 Å². The number of carbonyl (C=O) groups excluding carboxylic acids is 4. The number of benzene rings is 1. The molecule has 7 rings (SSSR count). The summed E-state index contributed by atoms with van der Waals surface area (Å²) < 4.78 is 92.0. The second-order valence-electron chi connectivity index (χ2n) is 17.1. The third-order valence-corrected chi connectivity index (χ3v) is 12.9. The van der Waals surface area contributed by atoms with Crippen LogP contribution in [-0.2, 0) is 37.1 Å². The highest BCUT2D eigenvalue weighted by Crippen LogP contribution is 2.41. The minimum Gasteiger partial charge on any atom is -0.378 e. The smallest absolute Gasteiger partial charge is 0.378 e. The molecule has 338 valence electrons. The van der Waals surface area contributed by atoms with E-state index in [1.165, 1.54) is 10.8 Å². The number of alkyl halides is 6. The Kier molecular flexibility index (Phi) is 13.0. The lowest BCUT2D eigenvalue weighted by Gasteiger charge is -2.42. The van der Waals surface area contributed by atoms with Crippen LogP contribution in [0.4, 0.5) is 37.7 Å². The van der Waals surface area contributed by atoms with Gasteiger partial charge < -0.3 is 19.9 Å². The first-order valence-corrected chi connectivity index (χ1v) is 21.2. The van der Waals surface area contributed by atoms with E-state index >= 15 is 0 Å². The Hall–Kier alpha value is -5.04. The van der Waals surface area contributed by atoms with Crippen molar-refractivity contribution in [1.29, 1.82) is 5.26 Å². The highest BCUT2D eigenvalue weighted by atomic mass is 32.1. The third-order valence-electron chi connectivity index (χ3n) is 12.5. The maximum Gasteiger partial charge on any atom is 0.419 e. The quantitative estimate of drug-likeness (QED) is 0.106. The zero-order valence-corrected chi connectivity index (χ0v) is 35.7. The summed E-state index contributed by atoms with van der Waals surface area (Å²) in [6, 6.07) is 5.12. The summed E-state index contributed by atoms with van der Waals surface area (Å²) in [5, 5.41) is 17.1. The molecule has 14 nitrogen and oxygen atoms in total. The van der Waals surface area contributed by atoms with Gasteiger partial charge in [0.2, 0.25) is 5.91 Å². The zero-order chi connectivity index (χ0) is 45.6. The van der Waals surface area contributed by atoms with Crippen molar-refractivity contribution in [3.8, 4) is 6.07 Å². The lowest BCUT2D eigenvalue weighted by Crippen LogP contribution is -2.60. The molecule has 1 unspecified atom stereocenters. The van der Waals surface area contributed by atoms with Crippen molar-refractivity contribution in [3.05, 3.63) is 47.4 Å². The van der Waals surface area contributed by atoms with Gasteiger partial charge in [0.05, 0.1) is 59.3 Å². The first-order valence-electron chi connectivity index (χ1n) is 20.8. The van der Waals surface area contributed by atoms with Gasteiger partial charge in [0.15, 0.2) is 10.8 Å². The highest BCUT2D eigenvalue weighted by molar-refractivity contribution is 7.80. The largest absolute Gasteiger partial charge is 0.419 e. The van der Waals surface area contributed by atoms with Gasteiger partial charge in [-0.2, -0.15) is 36.7 Å². The molecule has 2 saturated heterocycles. The van der Waals surface area contributed by atoms with Crippen molar-refractivity contribution in [2.75, 3.05) is 49.5 Å². The van der Waals surface area contributed by atoms with Crippen molar-refractivity contribution >= 4 is 63.0 Å². The predicted octanol–water partition coefficient (Wildman–Crippen LogP) is 5.88. The molecule has 0 radical (unpaired) electrons. The SMILES string of the molecule is Cn1nc(C2CCC(=O)CC2=O)c2cccc(NC(=O)CN3CCN(CCCOC4CCC(N5C(=S)N(c6cnc(C#N)c(C(F)(F)F)c6)C(=O)C5(C)C)CC4)C[C@@H]3C(F)(F)F)c21. The molecule has 2 aliphatic heterocycles. The summed E-state index contributed by atoms with van der Waals surface area (Å²) in [5.74, 6) is -2.04. The fourth-order valence-corrected chi connectivity index (χ4v) is 9.94. The van der Waals surface area contributed by atoms with Gasteiger partial charge in [0.25, 0.3) is 5.91 Å². The van der Waals surface area contributed by atoms with Crippen LogP contribution in [0.5, 0.6) is 0 Å². The number of aryl methyl sites for hydroxylation is 1. The molecule has 2 atom stereocenters. The van der Waals surface area contributed by atoms with Gasteiger partial charge >= 0.3 is 12.4 Å². The van der Waals surface area contributed by atoms with Crippen LogP contribution in [0.1, 0.15) is 88.1 Å². The average Bonchev–Trinajstić information content (AvgIpc) is 3.64. The Balaban J connectivity index is 0.886. The highest BCUT2D eigenvalue weighted by Gasteiger charge is 2.53. The Morgan fingerprint density at radius 3 is 2.46 bits per heavy atom. The topological polar surface area (TPSA) is 157 Å². The first kappa shape index (κ1) is 46.0. The molecule has 21 heteroatoms. The number of rotatable bonds is 11. The summed E-state index contributed by atoms with van der Waals surface area (Å²) in [5.41, 5.74) is -2.06. The van der Waals surface area contributed by atoms with Crippen LogP contribution >= 0.6 is 12.2 Å². The number of piperazine rings is 1. The molecule has 1 N–H and O–H groups in total. The maximum absolute atomic E-state index is 14.4. The van der Waals surface area contributed by atoms with E-state index in [1.807, 2.05) is 0 Å². The average molecular weight is 904 g/mol. The van der Waals surface area contributed by atoms with Crippen molar-refractivity contribution < 1.29 is 50.3 Å². The van der Waals surface area contributed by atoms with Gasteiger partial charge in [0, 0.05) is 57.7 Å². The number of hydrogen-bond acceptors (Lipinski definition) is 11. The van der Waals surface area contributed by atoms with Gasteiger partial charge in [-0.25, -0.2) is 4.98 Å². The third kappa shape index (κ3) is 9.45. The van der Waals surface area contributed by atoms with E-state index < -0.39 is 59.5 Å². The molecule has 4 fully saturated rings. The van der Waals surface area contributed by atoms with Crippen LogP contribution in [0.2, 0.25) is 0 Å². The number of aromatic nitrogens is 3. The molecule has 4 heterocycles. The number of nitrogens with one attached hydrogen (secondary N) is 1. The van der Waals surface area contributed by atoms with Gasteiger partial charge in [0.1, 0.15) is 29.2 Å². The van der Waals surface area contributed by atoms with Crippen LogP contribution < -0.4 is 10.2 Å². The summed E-state index contributed by atoms with van der Waals surface area (Å²) in [4.78, 5) is 60.6. The van der Waals surface area contributed by atoms with Crippen LogP contribution in [0, 0.1) is 11.3 Å². The van der Waals surface area contributed by atoms with Gasteiger partial charge in [-0.1, -0.05) is 12.1 Å². The molecule has 2 saturated carbocycles. The standard InChI is InChI=1S/C42H47F6N9O5S/c1-40(2)38(61)56(25-18-30(41(43,44)45)32(20-49)50-21-25)39(63)57(40)24-8-11-27(12-9-24)62-17-5-14-54-15-16-55(34(22-54)42(46,47)48)23-35(60)51-31-7-4-6-29-36(52-53(3)37(29)31)28-13-10-26(58)19-33(28)59/h4,6-7,18,21,24,27-28,34H,5,8-17,19,22-23H2,1-3H3,(H,51,60)/t24?,27?,28?,34-/m1/s1. The van der Waals surface area contributed by atoms with Crippen LogP contribution in [0.3, 0.4) is 0 Å². The van der Waals surface area contributed by atoms with Crippen molar-refractivity contribution in [3.63, 3.8) is 0 Å². The Bertz CT molecular complexity index is 2340. The molecular weight excluding hydrogens is 857 g/mol. The lowest BCUT2D eigenvalue weighted by atomic mass is 9.84. The number of nitriles is 1. The van der Waals surface area contributed by atoms with E-state index in [2.05, 4.69) is 15.4 Å². The van der Waals surface area contributed by atoms with Crippen molar-refractivity contribution in [2.24, 2.45) is 7.05 Å². The van der Waals surface area contributed by atoms with Crippen LogP contribution in [0.25, 0.3) is 10.9 Å². The van der Waals surface area contributed by atoms with E-state index in [-0.39, 0.29) is 60.4 Å². The number of Topliss-reactive ketones (excluding diaryl/α,β-unsaturated/α-hetero) is 2. The molecule has 0 bridgehead atoms. The zero-order valence-electron chi connectivity index (χ0n) is 34.9. The number of carbonyl (C=O) groups is 4. The number of anilines is 2. The van der Waals surface area contributed by atoms with E-state index in [0.717, 1.165) is 16.0 Å². The maximum atomic E-state index is 14.4. The van der Waals surface area contributed by atoms with E-state index in [9.17, 15) is 45.5 Å². The minimum absolute atomic E-state index is 0.00482. The minimum atomic E-state index is -4.87. The summed E-state index contributed by atoms with van der Waals surface area (Å²) in [6.07, 6.45) is -5.34. The Morgan fingerprint density at radius 1 is 1.06 bits per heavy atom. The first-order chi connectivity index (χ1) is 29.7. The predicted molar refractivity (Wildman–Crippen MR) is 220 cm³/mol. The Morgan fingerprint density at radius 2 is 1.79 bits per heavy atom. The molecule has 0 spiro atoms. The molecule has 4 aliphatic rings. The second-order valence-corrected chi connectivity index (χ2v) is 17.4. The summed E-state index contributed by atoms with van der Waals surface area (Å²) in [6.45, 7) is 3.45. The number of nitrogens with zero attached hydrogens (tertiary/aromatic N) is 8. The second kappa shape index (κ2) is 17.9. The monoisotopic (exact) mass is 903 g/mol. The number of hydrogen-bond donors (Lipinski definition) is 1. The number of amides is 2. The molecular formula is C42H47F6N9O5S. The number of halogens is 6. The number of ketones is 2. The normalized spacial score (nSPS) is 24.1. The van der Waals surface area contributed by atoms with Crippen LogP contribution in [-0.4, -0.2) is 127 Å². The summed E-state index contributed by atoms with van der Waals surface area (Å²) >= 11 is 5.67. The number of pyridine rings is 1. The van der Waals surface area contributed by atoms with E-state index in [1.54, 1.807) is 48.9 Å². The van der Waals surface area contributed by atoms with E-state index in [4.69, 9.17) is 22.2 Å². The fraction of sp³-hybridized carbons (Fsp3) is 0.571. The molecule has 63 heavy (non-hydrogen) atoms. The van der Waals surface area contributed by atoms with Gasteiger partial charge in [-0.15, -0.1) is 0 Å². The van der Waals surface area contributed by atoms with Gasteiger partial charge in [-0.05, 0) is 76.7 Å². The number of para-hydroxylation sites is 1. The lowest BCUT2D eigenvalue weighted by molar-refractivity contribution is -0.197. The molecule has 2 amide bonds. The fourth-order valence-electron chi connectivity index (χ4n) is 9.38. The molecule has 3 aromatic rings. The Labute approximate surface area is 364 Å². The van der Waals surface area contributed by atoms with Crippen molar-refractivity contribution in [1.82, 2.24) is 29.5 Å². The number of fused-ring (bicyclic) bond motifs is 1. The van der Waals surface area contributed by atoms with Crippen molar-refractivity contribution in [2.45, 2.75) is 107 Å². The molecule has 2 aliphatic carbocycles. The summed E-state index contributed by atoms with van der Waals surface area (Å²) in [7, 11) is 1.65. The molecule has 2 aromatic heterocycles. The number of ether oxygens (including phenoxy) is 1. The van der Waals surface area contributed by atoms with Crippen LogP contribution in [0.15, 0.2) is 30.5 Å².